The predicted octanol–water partition coefficient (Wildman–Crippen LogP) is 5.80. The Morgan fingerprint density at radius 3 is 2.50 bits per heavy atom. The van der Waals surface area contributed by atoms with Gasteiger partial charge in [-0.25, -0.2) is 0 Å². The average molecular weight is 400 g/mol. The number of Topliss-reactive ketones (excluding diaryl/α,β-unsaturated/α-hetero) is 1. The van der Waals surface area contributed by atoms with Crippen molar-refractivity contribution in [3.8, 4) is 0 Å². The van der Waals surface area contributed by atoms with Crippen molar-refractivity contribution in [1.82, 2.24) is 0 Å². The molecule has 0 bridgehead atoms. The maximum atomic E-state index is 13.1. The second kappa shape index (κ2) is 11.2. The van der Waals surface area contributed by atoms with Gasteiger partial charge in [-0.15, -0.1) is 0 Å². The molecule has 0 fully saturated rings. The van der Waals surface area contributed by atoms with Gasteiger partial charge >= 0.3 is 0 Å². The van der Waals surface area contributed by atoms with E-state index in [0.29, 0.717) is 29.8 Å². The lowest BCUT2D eigenvalue weighted by molar-refractivity contribution is -0.116. The van der Waals surface area contributed by atoms with Gasteiger partial charge in [-0.2, -0.15) is 11.8 Å². The van der Waals surface area contributed by atoms with Gasteiger partial charge in [-0.1, -0.05) is 32.3 Å². The average Bonchev–Trinajstić information content (AvgIpc) is 2.50. The molecule has 0 aromatic rings. The fourth-order valence-corrected chi connectivity index (χ4v) is 5.23. The Kier molecular flexibility index (Phi) is 10.0. The minimum atomic E-state index is -1.81. The summed E-state index contributed by atoms with van der Waals surface area (Å²) in [4.78, 5) is 18.4. The van der Waals surface area contributed by atoms with E-state index < -0.39 is 8.32 Å². The first kappa shape index (κ1) is 23.3. The molecule has 2 unspecified atom stereocenters. The van der Waals surface area contributed by atoms with Crippen LogP contribution in [0.5, 0.6) is 0 Å². The molecule has 2 atom stereocenters. The SMILES string of the molecule is CCC/C(=N\OCC)C1=C(O[Si](C)(C)C)CC(CC(C)SCC)CC1=O. The molecule has 4 nitrogen and oxygen atoms in total. The Hall–Kier alpha value is -0.753. The molecular weight excluding hydrogens is 362 g/mol. The molecule has 26 heavy (non-hydrogen) atoms. The summed E-state index contributed by atoms with van der Waals surface area (Å²) in [5.41, 5.74) is 1.47. The van der Waals surface area contributed by atoms with Crippen LogP contribution in [0, 0.1) is 5.92 Å². The minimum Gasteiger partial charge on any atom is -0.547 e. The lowest BCUT2D eigenvalue weighted by atomic mass is 9.82. The number of ketones is 1. The highest BCUT2D eigenvalue weighted by Crippen LogP contribution is 2.35. The smallest absolute Gasteiger partial charge is 0.241 e. The van der Waals surface area contributed by atoms with Crippen molar-refractivity contribution in [2.24, 2.45) is 11.1 Å². The molecule has 0 N–H and O–H groups in total. The summed E-state index contributed by atoms with van der Waals surface area (Å²) in [5.74, 6) is 2.52. The number of allylic oxidation sites excluding steroid dienone is 2. The van der Waals surface area contributed by atoms with Crippen LogP contribution in [0.15, 0.2) is 16.5 Å². The first-order valence-corrected chi connectivity index (χ1v) is 14.4. The Balaban J connectivity index is 3.18. The molecule has 150 valence electrons. The van der Waals surface area contributed by atoms with Gasteiger partial charge in [-0.05, 0) is 51.1 Å². The third-order valence-electron chi connectivity index (χ3n) is 4.13. The van der Waals surface area contributed by atoms with E-state index in [1.807, 2.05) is 18.7 Å². The van der Waals surface area contributed by atoms with Crippen LogP contribution in [-0.2, 0) is 14.1 Å². The summed E-state index contributed by atoms with van der Waals surface area (Å²) in [5, 5.41) is 4.84. The summed E-state index contributed by atoms with van der Waals surface area (Å²) >= 11 is 1.96. The van der Waals surface area contributed by atoms with Crippen molar-refractivity contribution in [3.63, 3.8) is 0 Å². The largest absolute Gasteiger partial charge is 0.547 e. The van der Waals surface area contributed by atoms with Gasteiger partial charge in [0, 0.05) is 18.1 Å². The van der Waals surface area contributed by atoms with Gasteiger partial charge in [0.1, 0.15) is 6.61 Å². The van der Waals surface area contributed by atoms with Crippen molar-refractivity contribution >= 4 is 31.6 Å². The first-order chi connectivity index (χ1) is 12.2. The zero-order valence-corrected chi connectivity index (χ0v) is 19.5. The maximum Gasteiger partial charge on any atom is 0.241 e. The summed E-state index contributed by atoms with van der Waals surface area (Å²) < 4.78 is 6.40. The van der Waals surface area contributed by atoms with Gasteiger partial charge in [0.25, 0.3) is 0 Å². The third kappa shape index (κ3) is 7.87. The van der Waals surface area contributed by atoms with E-state index >= 15 is 0 Å². The lowest BCUT2D eigenvalue weighted by Gasteiger charge is -2.32. The van der Waals surface area contributed by atoms with Gasteiger partial charge in [0.05, 0.1) is 17.0 Å². The number of carbonyl (C=O) groups is 1. The van der Waals surface area contributed by atoms with Crippen molar-refractivity contribution in [1.29, 1.82) is 0 Å². The molecular formula is C20H37NO3SSi. The van der Waals surface area contributed by atoms with E-state index in [2.05, 4.69) is 45.6 Å². The fraction of sp³-hybridized carbons (Fsp3) is 0.800. The van der Waals surface area contributed by atoms with E-state index in [1.54, 1.807) is 0 Å². The summed E-state index contributed by atoms with van der Waals surface area (Å²) in [6.07, 6.45) is 4.16. The number of hydrogen-bond donors (Lipinski definition) is 0. The second-order valence-electron chi connectivity index (χ2n) is 7.92. The number of oxime groups is 1. The minimum absolute atomic E-state index is 0.176. The monoisotopic (exact) mass is 399 g/mol. The molecule has 6 heteroatoms. The van der Waals surface area contributed by atoms with Gasteiger partial charge in [-0.3, -0.25) is 4.79 Å². The predicted molar refractivity (Wildman–Crippen MR) is 115 cm³/mol. The number of thioether (sulfide) groups is 1. The highest BCUT2D eigenvalue weighted by molar-refractivity contribution is 7.99. The van der Waals surface area contributed by atoms with Crippen LogP contribution < -0.4 is 0 Å². The number of rotatable bonds is 11. The van der Waals surface area contributed by atoms with Gasteiger partial charge in [0.2, 0.25) is 8.32 Å². The third-order valence-corrected chi connectivity index (χ3v) is 6.08. The van der Waals surface area contributed by atoms with Gasteiger partial charge < -0.3 is 9.26 Å². The zero-order valence-electron chi connectivity index (χ0n) is 17.7. The second-order valence-corrected chi connectivity index (χ2v) is 14.1. The summed E-state index contributed by atoms with van der Waals surface area (Å²) in [7, 11) is -1.81. The standard InChI is InChI=1S/C20H37NO3SSi/c1-8-11-17(21-23-9-2)20-18(22)13-16(12-15(4)25-10-3)14-19(20)24-26(5,6)7/h15-16H,8-14H2,1-7H3/b21-17+. The van der Waals surface area contributed by atoms with Crippen molar-refractivity contribution in [2.75, 3.05) is 12.4 Å². The molecule has 0 aliphatic heterocycles. The lowest BCUT2D eigenvalue weighted by Crippen LogP contribution is -2.32. The zero-order chi connectivity index (χ0) is 19.7. The van der Waals surface area contributed by atoms with Crippen LogP contribution >= 0.6 is 11.8 Å². The Labute approximate surface area is 165 Å². The summed E-state index contributed by atoms with van der Waals surface area (Å²) in [6, 6.07) is 0. The number of carbonyl (C=O) groups excluding carboxylic acids is 1. The van der Waals surface area contributed by atoms with Crippen LogP contribution in [-0.4, -0.2) is 37.4 Å². The molecule has 1 rings (SSSR count). The topological polar surface area (TPSA) is 47.9 Å². The normalized spacial score (nSPS) is 20.3. The van der Waals surface area contributed by atoms with Crippen molar-refractivity contribution in [2.45, 2.75) is 84.7 Å². The molecule has 0 saturated carbocycles. The Morgan fingerprint density at radius 2 is 1.96 bits per heavy atom. The van der Waals surface area contributed by atoms with Crippen LogP contribution in [0.1, 0.15) is 59.8 Å². The van der Waals surface area contributed by atoms with E-state index in [0.717, 1.165) is 42.9 Å². The molecule has 0 amide bonds. The van der Waals surface area contributed by atoms with E-state index in [4.69, 9.17) is 9.26 Å². The fourth-order valence-electron chi connectivity index (χ4n) is 3.32. The molecule has 0 aromatic carbocycles. The van der Waals surface area contributed by atoms with E-state index in [9.17, 15) is 4.79 Å². The Bertz CT molecular complexity index is 526. The Morgan fingerprint density at radius 1 is 1.27 bits per heavy atom. The molecule has 0 spiro atoms. The number of hydrogen-bond acceptors (Lipinski definition) is 5. The maximum absolute atomic E-state index is 13.1. The quantitative estimate of drug-likeness (QED) is 0.250. The highest BCUT2D eigenvalue weighted by atomic mass is 32.2. The molecule has 1 aliphatic rings. The molecule has 0 saturated heterocycles. The van der Waals surface area contributed by atoms with Crippen LogP contribution in [0.4, 0.5) is 0 Å². The van der Waals surface area contributed by atoms with Crippen LogP contribution in [0.3, 0.4) is 0 Å². The van der Waals surface area contributed by atoms with Crippen LogP contribution in [0.2, 0.25) is 19.6 Å². The van der Waals surface area contributed by atoms with E-state index in [-0.39, 0.29) is 5.78 Å². The summed E-state index contributed by atoms with van der Waals surface area (Å²) in [6.45, 7) is 15.5. The molecule has 0 radical (unpaired) electrons. The highest BCUT2D eigenvalue weighted by Gasteiger charge is 2.34. The van der Waals surface area contributed by atoms with Crippen molar-refractivity contribution in [3.05, 3.63) is 11.3 Å². The van der Waals surface area contributed by atoms with Crippen LogP contribution in [0.25, 0.3) is 0 Å². The van der Waals surface area contributed by atoms with Gasteiger partial charge in [0.15, 0.2) is 5.78 Å². The molecule has 0 heterocycles. The van der Waals surface area contributed by atoms with Crippen molar-refractivity contribution < 1.29 is 14.1 Å². The van der Waals surface area contributed by atoms with E-state index in [1.165, 1.54) is 0 Å². The first-order valence-electron chi connectivity index (χ1n) is 9.97. The molecule has 0 aromatic heterocycles. The molecule has 1 aliphatic carbocycles. The number of nitrogens with zero attached hydrogens (tertiary/aromatic N) is 1.